The Morgan fingerprint density at radius 2 is 1.71 bits per heavy atom. The van der Waals surface area contributed by atoms with E-state index in [0.717, 1.165) is 4.90 Å². The fraction of sp³-hybridized carbons (Fsp3) is 0.815. The van der Waals surface area contributed by atoms with Crippen molar-refractivity contribution in [1.29, 1.82) is 0 Å². The Labute approximate surface area is 281 Å². The minimum atomic E-state index is -4.34. The molecular formula is C27H46N5O14PS. The van der Waals surface area contributed by atoms with E-state index in [2.05, 4.69) is 15.6 Å². The minimum absolute atomic E-state index is 0.0325. The molecule has 0 aromatic carbocycles. The predicted octanol–water partition coefficient (Wildman–Crippen LogP) is -2.74. The third-order valence-corrected chi connectivity index (χ3v) is 9.20. The van der Waals surface area contributed by atoms with E-state index < -0.39 is 44.5 Å². The topological polar surface area (TPSA) is 262 Å². The number of hydrogen-bond donors (Lipinski definition) is 6. The van der Waals surface area contributed by atoms with Crippen LogP contribution in [-0.2, 0) is 55.6 Å². The van der Waals surface area contributed by atoms with Crippen LogP contribution in [0.15, 0.2) is 6.20 Å². The number of ether oxygens (including phenoxy) is 5. The fourth-order valence-electron chi connectivity index (χ4n) is 4.77. The molecule has 0 saturated carbocycles. The van der Waals surface area contributed by atoms with Gasteiger partial charge in [-0.05, 0) is 12.7 Å². The third kappa shape index (κ3) is 13.7. The van der Waals surface area contributed by atoms with E-state index in [-0.39, 0.29) is 55.4 Å². The molecular weight excluding hydrogens is 681 g/mol. The number of rotatable bonds is 23. The van der Waals surface area contributed by atoms with Crippen LogP contribution in [-0.4, -0.2) is 170 Å². The first kappa shape index (κ1) is 40.4. The Bertz CT molecular complexity index is 1210. The normalized spacial score (nSPS) is 24.8. The van der Waals surface area contributed by atoms with E-state index in [1.807, 2.05) is 0 Å². The van der Waals surface area contributed by atoms with Crippen molar-refractivity contribution in [3.8, 4) is 0 Å². The number of nitrogens with zero attached hydrogens (tertiary/aromatic N) is 4. The summed E-state index contributed by atoms with van der Waals surface area (Å²) in [5.41, 5.74) is 0.584. The summed E-state index contributed by atoms with van der Waals surface area (Å²) in [6.45, 7) is 2.87. The molecule has 2 fully saturated rings. The van der Waals surface area contributed by atoms with Crippen LogP contribution in [0.3, 0.4) is 0 Å². The number of amides is 3. The molecule has 48 heavy (non-hydrogen) atoms. The van der Waals surface area contributed by atoms with Gasteiger partial charge in [0.25, 0.3) is 0 Å². The van der Waals surface area contributed by atoms with Gasteiger partial charge in [-0.1, -0.05) is 5.21 Å². The van der Waals surface area contributed by atoms with Crippen LogP contribution >= 0.6 is 19.4 Å². The molecule has 3 rings (SSSR count). The highest BCUT2D eigenvalue weighted by Crippen LogP contribution is 2.37. The van der Waals surface area contributed by atoms with Gasteiger partial charge in [-0.2, -0.15) is 11.8 Å². The molecule has 2 aliphatic heterocycles. The van der Waals surface area contributed by atoms with E-state index in [9.17, 15) is 34.3 Å². The van der Waals surface area contributed by atoms with E-state index in [4.69, 9.17) is 33.5 Å². The van der Waals surface area contributed by atoms with Gasteiger partial charge in [0.05, 0.1) is 76.0 Å². The Balaban J connectivity index is 1.15. The average Bonchev–Trinajstić information content (AvgIpc) is 3.61. The van der Waals surface area contributed by atoms with Crippen molar-refractivity contribution >= 4 is 37.1 Å². The number of aliphatic hydroxyl groups excluding tert-OH is 3. The van der Waals surface area contributed by atoms with Gasteiger partial charge in [0.15, 0.2) is 6.29 Å². The van der Waals surface area contributed by atoms with E-state index >= 15 is 0 Å². The molecule has 19 nitrogen and oxygen atoms in total. The highest BCUT2D eigenvalue weighted by molar-refractivity contribution is 8.00. The number of carbonyl (C=O) groups excluding carboxylic acids is 3. The Hall–Kier alpha value is -2.07. The molecule has 3 heterocycles. The SMILES string of the molecule is CSC1CC(=O)N(CCC(=O)NCCOCCOCCOCCn2cc(CCO[C@H]3O[C@H](CCP(=O)(O)O)[C@@H](O)[C@H](O)[C@@H]3O)nn2)C1=O. The predicted molar refractivity (Wildman–Crippen MR) is 167 cm³/mol. The second-order valence-corrected chi connectivity index (χ2v) is 13.9. The molecule has 0 aliphatic carbocycles. The molecule has 0 bridgehead atoms. The van der Waals surface area contributed by atoms with Gasteiger partial charge in [-0.15, -0.1) is 5.10 Å². The van der Waals surface area contributed by atoms with E-state index in [1.54, 1.807) is 17.1 Å². The van der Waals surface area contributed by atoms with Gasteiger partial charge in [0, 0.05) is 38.5 Å². The number of likely N-dealkylation sites (tertiary alicyclic amines) is 1. The van der Waals surface area contributed by atoms with Gasteiger partial charge >= 0.3 is 7.60 Å². The standard InChI is InChI=1S/C27H46N5O14PS/c1-48-20-16-22(34)32(26(20)38)6-2-21(33)28-5-9-42-11-13-44-14-12-43-10-7-31-17-18(29-30-31)3-8-45-27-25(37)24(36)23(35)19(46-27)4-15-47(39,40)41/h17,19-20,23-25,27,35-37H,2-16H2,1H3,(H,28,33)(H2,39,40,41)/t19-,20?,23-,24+,25+,27+/m1/s1. The summed E-state index contributed by atoms with van der Waals surface area (Å²) in [6, 6.07) is 0. The maximum Gasteiger partial charge on any atom is 0.325 e. The first-order chi connectivity index (χ1) is 22.9. The number of aromatic nitrogens is 3. The highest BCUT2D eigenvalue weighted by Gasteiger charge is 2.44. The third-order valence-electron chi connectivity index (χ3n) is 7.43. The van der Waals surface area contributed by atoms with Crippen molar-refractivity contribution in [2.24, 2.45) is 0 Å². The van der Waals surface area contributed by atoms with Crippen molar-refractivity contribution in [2.75, 3.05) is 71.8 Å². The lowest BCUT2D eigenvalue weighted by Crippen LogP contribution is -2.58. The summed E-state index contributed by atoms with van der Waals surface area (Å²) in [4.78, 5) is 55.2. The molecule has 2 aliphatic rings. The summed E-state index contributed by atoms with van der Waals surface area (Å²) in [5, 5.41) is 40.7. The highest BCUT2D eigenvalue weighted by atomic mass is 32.2. The Morgan fingerprint density at radius 3 is 2.38 bits per heavy atom. The molecule has 6 N–H and O–H groups in total. The number of imide groups is 1. The molecule has 21 heteroatoms. The zero-order chi connectivity index (χ0) is 35.1. The molecule has 1 aromatic rings. The maximum atomic E-state index is 12.1. The van der Waals surface area contributed by atoms with Crippen LogP contribution in [0.2, 0.25) is 0 Å². The van der Waals surface area contributed by atoms with Crippen molar-refractivity contribution in [3.63, 3.8) is 0 Å². The quantitative estimate of drug-likeness (QED) is 0.0379. The number of aliphatic hydroxyl groups is 3. The van der Waals surface area contributed by atoms with Crippen LogP contribution in [0.25, 0.3) is 0 Å². The molecule has 0 spiro atoms. The molecule has 0 radical (unpaired) electrons. The first-order valence-electron chi connectivity index (χ1n) is 15.5. The minimum Gasteiger partial charge on any atom is -0.388 e. The van der Waals surface area contributed by atoms with Gasteiger partial charge in [-0.25, -0.2) is 4.68 Å². The maximum absolute atomic E-state index is 12.1. The van der Waals surface area contributed by atoms with Crippen molar-refractivity contribution in [3.05, 3.63) is 11.9 Å². The molecule has 2 saturated heterocycles. The zero-order valence-electron chi connectivity index (χ0n) is 26.7. The fourth-order valence-corrected chi connectivity index (χ4v) is 6.00. The van der Waals surface area contributed by atoms with Crippen LogP contribution in [0.1, 0.15) is 25.0 Å². The summed E-state index contributed by atoms with van der Waals surface area (Å²) < 4.78 is 40.1. The first-order valence-corrected chi connectivity index (χ1v) is 18.6. The number of thioether (sulfide) groups is 1. The summed E-state index contributed by atoms with van der Waals surface area (Å²) in [6.07, 6.45) is -3.90. The lowest BCUT2D eigenvalue weighted by molar-refractivity contribution is -0.296. The molecule has 1 aromatic heterocycles. The lowest BCUT2D eigenvalue weighted by atomic mass is 9.97. The van der Waals surface area contributed by atoms with Gasteiger partial charge in [-0.3, -0.25) is 23.8 Å². The van der Waals surface area contributed by atoms with Gasteiger partial charge in [0.1, 0.15) is 18.3 Å². The smallest absolute Gasteiger partial charge is 0.325 e. The van der Waals surface area contributed by atoms with Crippen LogP contribution in [0.5, 0.6) is 0 Å². The molecule has 274 valence electrons. The molecule has 3 amide bonds. The monoisotopic (exact) mass is 727 g/mol. The second-order valence-electron chi connectivity index (χ2n) is 11.0. The van der Waals surface area contributed by atoms with Crippen LogP contribution in [0.4, 0.5) is 0 Å². The van der Waals surface area contributed by atoms with Crippen molar-refractivity contribution in [1.82, 2.24) is 25.2 Å². The van der Waals surface area contributed by atoms with Crippen molar-refractivity contribution < 1.29 is 67.7 Å². The van der Waals surface area contributed by atoms with E-state index in [1.165, 1.54) is 11.8 Å². The molecule has 6 atom stereocenters. The van der Waals surface area contributed by atoms with Crippen molar-refractivity contribution in [2.45, 2.75) is 68.2 Å². The average molecular weight is 728 g/mol. The lowest BCUT2D eigenvalue weighted by Gasteiger charge is -2.40. The van der Waals surface area contributed by atoms with Gasteiger partial charge < -0.3 is 54.1 Å². The zero-order valence-corrected chi connectivity index (χ0v) is 28.4. The summed E-state index contributed by atoms with van der Waals surface area (Å²) >= 11 is 1.33. The van der Waals surface area contributed by atoms with Crippen LogP contribution < -0.4 is 5.32 Å². The second kappa shape index (κ2) is 20.6. The largest absolute Gasteiger partial charge is 0.388 e. The number of nitrogens with one attached hydrogen (secondary N) is 1. The summed E-state index contributed by atoms with van der Waals surface area (Å²) in [7, 11) is -4.34. The number of hydrogen-bond acceptors (Lipinski definition) is 15. The Kier molecular flexibility index (Phi) is 17.3. The molecule has 1 unspecified atom stereocenters. The summed E-state index contributed by atoms with van der Waals surface area (Å²) in [5.74, 6) is -0.748. The Morgan fingerprint density at radius 1 is 1.02 bits per heavy atom. The van der Waals surface area contributed by atoms with Gasteiger partial charge in [0.2, 0.25) is 17.7 Å². The van der Waals surface area contributed by atoms with Crippen LogP contribution in [0, 0.1) is 0 Å². The van der Waals surface area contributed by atoms with E-state index in [0.29, 0.717) is 64.8 Å². The number of carbonyl (C=O) groups is 3.